The third kappa shape index (κ3) is 5.10. The van der Waals surface area contributed by atoms with Crippen molar-refractivity contribution < 1.29 is 19.3 Å². The summed E-state index contributed by atoms with van der Waals surface area (Å²) in [6, 6.07) is 9.83. The van der Waals surface area contributed by atoms with E-state index in [4.69, 9.17) is 12.7 Å². The van der Waals surface area contributed by atoms with E-state index < -0.39 is 17.4 Å². The van der Waals surface area contributed by atoms with E-state index >= 15 is 0 Å². The van der Waals surface area contributed by atoms with Crippen molar-refractivity contribution in [1.29, 1.82) is 0 Å². The molecule has 0 fully saturated rings. The lowest BCUT2D eigenvalue weighted by molar-refractivity contribution is 0.0358. The van der Waals surface area contributed by atoms with Crippen LogP contribution in [0.25, 0.3) is 0 Å². The molecule has 0 spiro atoms. The van der Waals surface area contributed by atoms with E-state index in [1.165, 1.54) is 24.4 Å². The summed E-state index contributed by atoms with van der Waals surface area (Å²) in [5, 5.41) is 10.8. The summed E-state index contributed by atoms with van der Waals surface area (Å²) < 4.78 is 5.27. The smallest absolute Gasteiger partial charge is 0.327 e. The molecule has 3 radical (unpaired) electrons. The number of ether oxygens (including phenoxy) is 1. The molecule has 30 heavy (non-hydrogen) atoms. The van der Waals surface area contributed by atoms with Gasteiger partial charge in [0.15, 0.2) is 0 Å². The van der Waals surface area contributed by atoms with Gasteiger partial charge in [0.25, 0.3) is 19.8 Å². The summed E-state index contributed by atoms with van der Waals surface area (Å²) in [6.07, 6.45) is 1.37. The number of hydrazine groups is 1. The zero-order chi connectivity index (χ0) is 22.5. The van der Waals surface area contributed by atoms with Crippen molar-refractivity contribution in [3.63, 3.8) is 0 Å². The van der Waals surface area contributed by atoms with Gasteiger partial charge in [0.2, 0.25) is 0 Å². The van der Waals surface area contributed by atoms with Crippen LogP contribution < -0.4 is 15.6 Å². The van der Waals surface area contributed by atoms with Crippen LogP contribution in [0.3, 0.4) is 0 Å². The van der Waals surface area contributed by atoms with E-state index in [9.17, 15) is 14.6 Å². The third-order valence-electron chi connectivity index (χ3n) is 4.52. The van der Waals surface area contributed by atoms with E-state index in [1.54, 1.807) is 58.0 Å². The summed E-state index contributed by atoms with van der Waals surface area (Å²) >= 11 is 0. The van der Waals surface area contributed by atoms with Gasteiger partial charge in [-0.15, -0.1) is 0 Å². The molecule has 0 saturated heterocycles. The highest BCUT2D eigenvalue weighted by atomic mass is 16.5. The number of methoxy groups -OCH3 is 1. The monoisotopic (exact) mass is 404 g/mol. The maximum absolute atomic E-state index is 13.2. The molecule has 9 heteroatoms. The fraction of sp³-hybridized carbons (Fsp3) is 0.286. The molecule has 0 atom stereocenters. The molecule has 0 bridgehead atoms. The Morgan fingerprint density at radius 2 is 1.97 bits per heavy atom. The molecular weight excluding hydrogens is 380 g/mol. The van der Waals surface area contributed by atoms with Crippen molar-refractivity contribution in [2.45, 2.75) is 33.2 Å². The molecule has 2 rings (SSSR count). The molecule has 153 valence electrons. The van der Waals surface area contributed by atoms with Crippen LogP contribution >= 0.6 is 0 Å². The molecule has 2 aromatic carbocycles. The van der Waals surface area contributed by atoms with Crippen LogP contribution in [0, 0.1) is 6.92 Å². The number of carbonyl (C=O) groups excluding carboxylic acids is 2. The van der Waals surface area contributed by atoms with Gasteiger partial charge in [0.05, 0.1) is 12.6 Å². The predicted octanol–water partition coefficient (Wildman–Crippen LogP) is 1.33. The van der Waals surface area contributed by atoms with Gasteiger partial charge in [-0.25, -0.2) is 5.01 Å². The van der Waals surface area contributed by atoms with Crippen molar-refractivity contribution in [1.82, 2.24) is 10.4 Å². The van der Waals surface area contributed by atoms with Crippen LogP contribution in [0.5, 0.6) is 5.75 Å². The van der Waals surface area contributed by atoms with Crippen molar-refractivity contribution in [2.24, 2.45) is 4.90 Å². The highest BCUT2D eigenvalue weighted by Gasteiger charge is 2.30. The first-order chi connectivity index (χ1) is 14.1. The lowest BCUT2D eigenvalue weighted by atomic mass is 9.83. The number of rotatable bonds is 5. The van der Waals surface area contributed by atoms with Gasteiger partial charge in [-0.1, -0.05) is 18.2 Å². The second-order valence-electron chi connectivity index (χ2n) is 7.64. The Kier molecular flexibility index (Phi) is 7.45. The molecule has 0 unspecified atom stereocenters. The molecule has 0 heterocycles. The minimum atomic E-state index is -0.722. The fourth-order valence-corrected chi connectivity index (χ4v) is 2.91. The zero-order valence-corrected chi connectivity index (χ0v) is 17.8. The highest BCUT2D eigenvalue weighted by Crippen LogP contribution is 2.22. The van der Waals surface area contributed by atoms with Crippen molar-refractivity contribution >= 4 is 39.0 Å². The molecule has 2 N–H and O–H groups in total. The zero-order valence-electron chi connectivity index (χ0n) is 17.8. The highest BCUT2D eigenvalue weighted by molar-refractivity contribution is 6.48. The average Bonchev–Trinajstić information content (AvgIpc) is 2.71. The van der Waals surface area contributed by atoms with Gasteiger partial charge >= 0.3 is 7.48 Å². The molecule has 0 aromatic heterocycles. The summed E-state index contributed by atoms with van der Waals surface area (Å²) in [6.45, 7) is 7.19. The number of amides is 2. The third-order valence-corrected chi connectivity index (χ3v) is 4.52. The minimum absolute atomic E-state index is 0.280. The van der Waals surface area contributed by atoms with Crippen LogP contribution in [-0.4, -0.2) is 56.2 Å². The maximum Gasteiger partial charge on any atom is 0.327 e. The number of benzene rings is 2. The van der Waals surface area contributed by atoms with Gasteiger partial charge in [0, 0.05) is 22.9 Å². The van der Waals surface area contributed by atoms with E-state index in [2.05, 4.69) is 10.3 Å². The number of nitrogens with zero attached hydrogens (tertiary/aromatic N) is 2. The maximum atomic E-state index is 13.2. The molecule has 0 aliphatic carbocycles. The van der Waals surface area contributed by atoms with E-state index in [-0.39, 0.29) is 5.56 Å². The topological polar surface area (TPSA) is 91.2 Å². The van der Waals surface area contributed by atoms with E-state index in [0.29, 0.717) is 27.9 Å². The van der Waals surface area contributed by atoms with Crippen molar-refractivity contribution in [2.75, 3.05) is 7.11 Å². The Bertz CT molecular complexity index is 971. The van der Waals surface area contributed by atoms with Gasteiger partial charge in [0.1, 0.15) is 5.75 Å². The lowest BCUT2D eigenvalue weighted by Gasteiger charge is -2.35. The van der Waals surface area contributed by atoms with Crippen LogP contribution in [0.2, 0.25) is 0 Å². The van der Waals surface area contributed by atoms with E-state index in [1.807, 2.05) is 0 Å². The van der Waals surface area contributed by atoms with Crippen molar-refractivity contribution in [3.05, 3.63) is 58.7 Å². The normalized spacial score (nSPS) is 11.3. The number of hydrogen-bond donors (Lipinski definition) is 2. The standard InChI is InChI=1S/C21H24B2N3O4/c1-13-16(7-6-8-18(13)30-5)19(27)25-26(21(2,3)4)20(28)14-9-10-15(12-24-22)17(11-14)23-29/h6-12,29H,1-5H3,(H,25,27). The Labute approximate surface area is 178 Å². The average molecular weight is 404 g/mol. The second kappa shape index (κ2) is 9.63. The van der Waals surface area contributed by atoms with Gasteiger partial charge in [-0.3, -0.25) is 15.0 Å². The number of nitrogens with one attached hydrogen (secondary N) is 1. The molecule has 2 amide bonds. The Morgan fingerprint density at radius 1 is 1.27 bits per heavy atom. The molecule has 0 aliphatic heterocycles. The summed E-state index contributed by atoms with van der Waals surface area (Å²) in [5.74, 6) is -0.289. The summed E-state index contributed by atoms with van der Waals surface area (Å²) in [5.41, 5.74) is 4.26. The first kappa shape index (κ1) is 23.2. The largest absolute Gasteiger partial charge is 0.496 e. The lowest BCUT2D eigenvalue weighted by Crippen LogP contribution is -2.56. The minimum Gasteiger partial charge on any atom is -0.496 e. The summed E-state index contributed by atoms with van der Waals surface area (Å²) in [7, 11) is 7.57. The van der Waals surface area contributed by atoms with Crippen LogP contribution in [0.15, 0.2) is 41.3 Å². The SMILES string of the molecule is [B]N=Cc1ccc(C(=O)N(NC(=O)c2cccc(OC)c2C)C(C)(C)C)cc1[B]O. The molecular formula is C21H24B2N3O4. The van der Waals surface area contributed by atoms with Crippen LogP contribution in [-0.2, 0) is 0 Å². The first-order valence-electron chi connectivity index (χ1n) is 9.28. The Morgan fingerprint density at radius 3 is 2.53 bits per heavy atom. The quantitative estimate of drug-likeness (QED) is 0.447. The molecule has 0 saturated carbocycles. The van der Waals surface area contributed by atoms with Crippen LogP contribution in [0.1, 0.15) is 52.6 Å². The van der Waals surface area contributed by atoms with Gasteiger partial charge in [-0.05, 0) is 56.9 Å². The van der Waals surface area contributed by atoms with Crippen molar-refractivity contribution in [3.8, 4) is 5.75 Å². The van der Waals surface area contributed by atoms with E-state index in [0.717, 1.165) is 7.48 Å². The number of hydrogen-bond acceptors (Lipinski definition) is 5. The summed E-state index contributed by atoms with van der Waals surface area (Å²) in [4.78, 5) is 29.6. The molecule has 2 aromatic rings. The Balaban J connectivity index is 2.39. The molecule has 0 aliphatic rings. The fourth-order valence-electron chi connectivity index (χ4n) is 2.91. The predicted molar refractivity (Wildman–Crippen MR) is 119 cm³/mol. The number of carbonyl (C=O) groups is 2. The molecule has 7 nitrogen and oxygen atoms in total. The second-order valence-corrected chi connectivity index (χ2v) is 7.64. The van der Waals surface area contributed by atoms with Gasteiger partial charge < -0.3 is 14.7 Å². The van der Waals surface area contributed by atoms with Gasteiger partial charge in [-0.2, -0.15) is 0 Å². The van der Waals surface area contributed by atoms with Crippen LogP contribution in [0.4, 0.5) is 0 Å². The Hall–Kier alpha value is -3.06. The first-order valence-corrected chi connectivity index (χ1v) is 9.28.